The molecular formula is C15H25N3O2. The lowest BCUT2D eigenvalue weighted by Crippen LogP contribution is -2.26. The van der Waals surface area contributed by atoms with Gasteiger partial charge in [-0.1, -0.05) is 20.8 Å². The number of aromatic nitrogens is 1. The molecule has 0 fully saturated rings. The minimum atomic E-state index is -0.0993. The molecule has 1 aromatic rings. The molecule has 1 amide bonds. The average molecular weight is 279 g/mol. The zero-order valence-corrected chi connectivity index (χ0v) is 13.0. The lowest BCUT2D eigenvalue weighted by molar-refractivity contribution is 0.0948. The van der Waals surface area contributed by atoms with Crippen molar-refractivity contribution in [1.82, 2.24) is 10.3 Å². The van der Waals surface area contributed by atoms with Gasteiger partial charge in [0, 0.05) is 44.0 Å². The summed E-state index contributed by atoms with van der Waals surface area (Å²) in [5, 5.41) is 5.89. The van der Waals surface area contributed by atoms with E-state index in [-0.39, 0.29) is 11.3 Å². The highest BCUT2D eigenvalue weighted by molar-refractivity contribution is 5.95. The molecule has 0 saturated carbocycles. The number of nitrogens with one attached hydrogen (secondary N) is 2. The van der Waals surface area contributed by atoms with E-state index in [4.69, 9.17) is 4.74 Å². The van der Waals surface area contributed by atoms with Crippen molar-refractivity contribution in [1.29, 1.82) is 0 Å². The van der Waals surface area contributed by atoms with Crippen LogP contribution < -0.4 is 10.6 Å². The fourth-order valence-corrected chi connectivity index (χ4v) is 1.69. The molecule has 0 aliphatic carbocycles. The topological polar surface area (TPSA) is 63.2 Å². The van der Waals surface area contributed by atoms with E-state index in [2.05, 4.69) is 36.4 Å². The first-order valence-corrected chi connectivity index (χ1v) is 6.86. The van der Waals surface area contributed by atoms with E-state index in [1.807, 2.05) is 6.07 Å². The van der Waals surface area contributed by atoms with Crippen molar-refractivity contribution in [3.8, 4) is 0 Å². The number of anilines is 1. The van der Waals surface area contributed by atoms with Gasteiger partial charge in [0.2, 0.25) is 0 Å². The number of pyridine rings is 1. The second kappa shape index (κ2) is 7.24. The van der Waals surface area contributed by atoms with Crippen molar-refractivity contribution in [3.63, 3.8) is 0 Å². The molecule has 20 heavy (non-hydrogen) atoms. The van der Waals surface area contributed by atoms with Crippen molar-refractivity contribution in [3.05, 3.63) is 23.4 Å². The van der Waals surface area contributed by atoms with Gasteiger partial charge in [0.15, 0.2) is 0 Å². The van der Waals surface area contributed by atoms with Crippen LogP contribution in [0.4, 0.5) is 5.82 Å². The van der Waals surface area contributed by atoms with Crippen molar-refractivity contribution >= 4 is 11.7 Å². The van der Waals surface area contributed by atoms with Gasteiger partial charge in [-0.15, -0.1) is 0 Å². The first-order valence-electron chi connectivity index (χ1n) is 6.86. The zero-order chi connectivity index (χ0) is 15.2. The highest BCUT2D eigenvalue weighted by Gasteiger charge is 2.18. The molecule has 0 aliphatic heterocycles. The van der Waals surface area contributed by atoms with E-state index < -0.39 is 0 Å². The third-order valence-electron chi connectivity index (χ3n) is 2.92. The zero-order valence-electron chi connectivity index (χ0n) is 13.0. The van der Waals surface area contributed by atoms with Gasteiger partial charge in [-0.25, -0.2) is 4.98 Å². The fourth-order valence-electron chi connectivity index (χ4n) is 1.69. The maximum atomic E-state index is 12.1. The van der Waals surface area contributed by atoms with Crippen molar-refractivity contribution < 1.29 is 9.53 Å². The van der Waals surface area contributed by atoms with Gasteiger partial charge in [-0.2, -0.15) is 0 Å². The van der Waals surface area contributed by atoms with Crippen LogP contribution in [0.5, 0.6) is 0 Å². The van der Waals surface area contributed by atoms with E-state index in [0.29, 0.717) is 24.5 Å². The summed E-state index contributed by atoms with van der Waals surface area (Å²) in [7, 11) is 3.45. The maximum absolute atomic E-state index is 12.1. The van der Waals surface area contributed by atoms with E-state index in [9.17, 15) is 4.79 Å². The molecule has 112 valence electrons. The number of rotatable bonds is 6. The van der Waals surface area contributed by atoms with Crippen LogP contribution in [-0.4, -0.2) is 38.2 Å². The highest BCUT2D eigenvalue weighted by atomic mass is 16.5. The molecule has 0 aromatic carbocycles. The van der Waals surface area contributed by atoms with Crippen LogP contribution in [0, 0.1) is 0 Å². The smallest absolute Gasteiger partial charge is 0.251 e. The Morgan fingerprint density at radius 3 is 2.60 bits per heavy atom. The minimum absolute atomic E-state index is 0.0782. The maximum Gasteiger partial charge on any atom is 0.251 e. The summed E-state index contributed by atoms with van der Waals surface area (Å²) in [6, 6.07) is 3.62. The van der Waals surface area contributed by atoms with E-state index in [0.717, 1.165) is 12.1 Å². The summed E-state index contributed by atoms with van der Waals surface area (Å²) < 4.78 is 4.96. The molecule has 0 radical (unpaired) electrons. The minimum Gasteiger partial charge on any atom is -0.385 e. The summed E-state index contributed by atoms with van der Waals surface area (Å²) >= 11 is 0. The van der Waals surface area contributed by atoms with Gasteiger partial charge in [-0.3, -0.25) is 4.79 Å². The van der Waals surface area contributed by atoms with Gasteiger partial charge in [0.1, 0.15) is 5.82 Å². The molecule has 0 unspecified atom stereocenters. The van der Waals surface area contributed by atoms with Crippen LogP contribution >= 0.6 is 0 Å². The Hall–Kier alpha value is -1.62. The standard InChI is InChI=1S/C15H25N3O2/c1-15(2,3)12-9-11(10-13(16-4)18-12)14(19)17-7-6-8-20-5/h9-10H,6-8H2,1-5H3,(H,16,18)(H,17,19). The van der Waals surface area contributed by atoms with Crippen LogP contribution in [0.2, 0.25) is 0 Å². The summed E-state index contributed by atoms with van der Waals surface area (Å²) in [6.45, 7) is 7.49. The Bertz CT molecular complexity index is 453. The largest absolute Gasteiger partial charge is 0.385 e. The molecule has 5 heteroatoms. The normalized spacial score (nSPS) is 11.2. The Morgan fingerprint density at radius 1 is 1.35 bits per heavy atom. The molecule has 2 N–H and O–H groups in total. The van der Waals surface area contributed by atoms with Crippen LogP contribution in [0.1, 0.15) is 43.2 Å². The third kappa shape index (κ3) is 4.81. The fraction of sp³-hybridized carbons (Fsp3) is 0.600. The lowest BCUT2D eigenvalue weighted by Gasteiger charge is -2.19. The Kier molecular flexibility index (Phi) is 5.95. The summed E-state index contributed by atoms with van der Waals surface area (Å²) in [6.07, 6.45) is 0.804. The van der Waals surface area contributed by atoms with Crippen molar-refractivity contribution in [2.24, 2.45) is 0 Å². The van der Waals surface area contributed by atoms with Crippen LogP contribution in [0.15, 0.2) is 12.1 Å². The van der Waals surface area contributed by atoms with Gasteiger partial charge in [0.25, 0.3) is 5.91 Å². The number of hydrogen-bond acceptors (Lipinski definition) is 4. The number of hydrogen-bond donors (Lipinski definition) is 2. The van der Waals surface area contributed by atoms with E-state index in [1.54, 1.807) is 20.2 Å². The van der Waals surface area contributed by atoms with Gasteiger partial charge < -0.3 is 15.4 Å². The second-order valence-corrected chi connectivity index (χ2v) is 5.73. The number of methoxy groups -OCH3 is 1. The van der Waals surface area contributed by atoms with Crippen molar-refractivity contribution in [2.45, 2.75) is 32.6 Å². The Labute approximate surface area is 121 Å². The molecule has 5 nitrogen and oxygen atoms in total. The lowest BCUT2D eigenvalue weighted by atomic mass is 9.90. The van der Waals surface area contributed by atoms with E-state index in [1.165, 1.54) is 0 Å². The molecule has 1 heterocycles. The average Bonchev–Trinajstić information content (AvgIpc) is 2.41. The molecule has 0 bridgehead atoms. The number of carbonyl (C=O) groups is 1. The number of amides is 1. The van der Waals surface area contributed by atoms with Gasteiger partial charge in [-0.05, 0) is 18.6 Å². The SMILES string of the molecule is CNc1cc(C(=O)NCCCOC)cc(C(C)(C)C)n1. The summed E-state index contributed by atoms with van der Waals surface area (Å²) in [5.74, 6) is 0.630. The first kappa shape index (κ1) is 16.4. The highest BCUT2D eigenvalue weighted by Crippen LogP contribution is 2.23. The molecule has 0 saturated heterocycles. The van der Waals surface area contributed by atoms with Crippen LogP contribution in [-0.2, 0) is 10.2 Å². The summed E-state index contributed by atoms with van der Waals surface area (Å²) in [4.78, 5) is 16.7. The van der Waals surface area contributed by atoms with Gasteiger partial charge in [0.05, 0.1) is 0 Å². The first-order chi connectivity index (χ1) is 9.38. The predicted octanol–water partition coefficient (Wildman–Crippen LogP) is 2.19. The number of nitrogens with zero attached hydrogens (tertiary/aromatic N) is 1. The van der Waals surface area contributed by atoms with Crippen LogP contribution in [0.25, 0.3) is 0 Å². The predicted molar refractivity (Wildman–Crippen MR) is 81.3 cm³/mol. The number of carbonyl (C=O) groups excluding carboxylic acids is 1. The molecule has 1 rings (SSSR count). The Morgan fingerprint density at radius 2 is 2.05 bits per heavy atom. The third-order valence-corrected chi connectivity index (χ3v) is 2.92. The molecule has 0 atom stereocenters. The van der Waals surface area contributed by atoms with Crippen LogP contribution in [0.3, 0.4) is 0 Å². The number of ether oxygens (including phenoxy) is 1. The molecule has 0 aliphatic rings. The molecule has 1 aromatic heterocycles. The monoisotopic (exact) mass is 279 g/mol. The van der Waals surface area contributed by atoms with E-state index >= 15 is 0 Å². The quantitative estimate of drug-likeness (QED) is 0.784. The van der Waals surface area contributed by atoms with Gasteiger partial charge >= 0.3 is 0 Å². The Balaban J connectivity index is 2.85. The molecule has 0 spiro atoms. The van der Waals surface area contributed by atoms with Crippen molar-refractivity contribution in [2.75, 3.05) is 32.6 Å². The summed E-state index contributed by atoms with van der Waals surface area (Å²) in [5.41, 5.74) is 1.43. The second-order valence-electron chi connectivity index (χ2n) is 5.73. The molecular weight excluding hydrogens is 254 g/mol.